The molecule has 2 aromatic heterocycles. The molecule has 2 aliphatic heterocycles. The SMILES string of the molecule is O=C1CC[C@H]2CN(c3ncccn3)CC[C@H]2N1CCc1cnc[nH]1. The molecule has 1 amide bonds. The lowest BCUT2D eigenvalue weighted by Crippen LogP contribution is -2.56. The van der Waals surface area contributed by atoms with Crippen LogP contribution in [-0.2, 0) is 11.2 Å². The minimum absolute atomic E-state index is 0.292. The molecular formula is C17H22N6O. The number of aromatic nitrogens is 4. The van der Waals surface area contributed by atoms with Crippen molar-refractivity contribution in [3.05, 3.63) is 36.7 Å². The summed E-state index contributed by atoms with van der Waals surface area (Å²) in [6.45, 7) is 2.60. The van der Waals surface area contributed by atoms with Crippen molar-refractivity contribution in [1.29, 1.82) is 0 Å². The van der Waals surface area contributed by atoms with Crippen LogP contribution in [0.2, 0.25) is 0 Å². The Hall–Kier alpha value is -2.44. The van der Waals surface area contributed by atoms with Gasteiger partial charge in [0.2, 0.25) is 11.9 Å². The molecule has 0 radical (unpaired) electrons. The van der Waals surface area contributed by atoms with Gasteiger partial charge in [0.15, 0.2) is 0 Å². The summed E-state index contributed by atoms with van der Waals surface area (Å²) in [5.41, 5.74) is 1.08. The van der Waals surface area contributed by atoms with Crippen molar-refractivity contribution in [2.45, 2.75) is 31.7 Å². The summed E-state index contributed by atoms with van der Waals surface area (Å²) in [4.78, 5) is 32.7. The Morgan fingerprint density at radius 1 is 1.25 bits per heavy atom. The third kappa shape index (κ3) is 2.98. The third-order valence-corrected chi connectivity index (χ3v) is 5.16. The Kier molecular flexibility index (Phi) is 4.15. The number of likely N-dealkylation sites (tertiary alicyclic amines) is 1. The van der Waals surface area contributed by atoms with E-state index in [1.807, 2.05) is 12.3 Å². The molecular weight excluding hydrogens is 304 g/mol. The number of H-pyrrole nitrogens is 1. The highest BCUT2D eigenvalue weighted by atomic mass is 16.2. The minimum atomic E-state index is 0.292. The van der Waals surface area contributed by atoms with Crippen LogP contribution < -0.4 is 4.90 Å². The Morgan fingerprint density at radius 3 is 2.92 bits per heavy atom. The predicted octanol–water partition coefficient (Wildman–Crippen LogP) is 1.26. The fourth-order valence-electron chi connectivity index (χ4n) is 3.94. The van der Waals surface area contributed by atoms with E-state index < -0.39 is 0 Å². The van der Waals surface area contributed by atoms with Gasteiger partial charge in [0.05, 0.1) is 6.33 Å². The summed E-state index contributed by atoms with van der Waals surface area (Å²) in [7, 11) is 0. The average molecular weight is 326 g/mol. The number of piperidine rings is 2. The van der Waals surface area contributed by atoms with Gasteiger partial charge in [-0.25, -0.2) is 15.0 Å². The lowest BCUT2D eigenvalue weighted by atomic mass is 9.83. The van der Waals surface area contributed by atoms with Crippen LogP contribution in [0.25, 0.3) is 0 Å². The van der Waals surface area contributed by atoms with Crippen LogP contribution in [0.5, 0.6) is 0 Å². The molecule has 126 valence electrons. The molecule has 4 rings (SSSR count). The Balaban J connectivity index is 1.43. The van der Waals surface area contributed by atoms with E-state index in [9.17, 15) is 4.79 Å². The van der Waals surface area contributed by atoms with E-state index in [1.165, 1.54) is 0 Å². The molecule has 24 heavy (non-hydrogen) atoms. The monoisotopic (exact) mass is 326 g/mol. The molecule has 0 unspecified atom stereocenters. The van der Waals surface area contributed by atoms with E-state index in [2.05, 4.69) is 29.7 Å². The number of imidazole rings is 1. The second kappa shape index (κ2) is 6.59. The number of nitrogens with one attached hydrogen (secondary N) is 1. The lowest BCUT2D eigenvalue weighted by Gasteiger charge is -2.47. The second-order valence-corrected chi connectivity index (χ2v) is 6.56. The zero-order chi connectivity index (χ0) is 16.4. The van der Waals surface area contributed by atoms with Crippen LogP contribution in [-0.4, -0.2) is 56.4 Å². The summed E-state index contributed by atoms with van der Waals surface area (Å²) in [6.07, 6.45) is 10.5. The van der Waals surface area contributed by atoms with Crippen LogP contribution in [0.4, 0.5) is 5.95 Å². The van der Waals surface area contributed by atoms with Gasteiger partial charge in [-0.05, 0) is 24.8 Å². The Morgan fingerprint density at radius 2 is 2.12 bits per heavy atom. The average Bonchev–Trinajstić information content (AvgIpc) is 3.15. The Bertz CT molecular complexity index is 674. The number of rotatable bonds is 4. The van der Waals surface area contributed by atoms with Gasteiger partial charge in [-0.2, -0.15) is 0 Å². The fourth-order valence-corrected chi connectivity index (χ4v) is 3.94. The first-order valence-corrected chi connectivity index (χ1v) is 8.60. The topological polar surface area (TPSA) is 78.0 Å². The molecule has 2 saturated heterocycles. The molecule has 2 aliphatic rings. The maximum absolute atomic E-state index is 12.4. The van der Waals surface area contributed by atoms with Gasteiger partial charge in [0.25, 0.3) is 0 Å². The molecule has 4 heterocycles. The maximum Gasteiger partial charge on any atom is 0.225 e. The standard InChI is InChI=1S/C17H22N6O/c24-16-3-2-13-11-22(17-19-6-1-7-20-17)8-5-15(13)23(16)9-4-14-10-18-12-21-14/h1,6-7,10,12-13,15H,2-5,8-9,11H2,(H,18,21)/t13-,15+/m0/s1. The zero-order valence-corrected chi connectivity index (χ0v) is 13.6. The van der Waals surface area contributed by atoms with Crippen molar-refractivity contribution in [2.24, 2.45) is 5.92 Å². The van der Waals surface area contributed by atoms with Gasteiger partial charge in [-0.3, -0.25) is 4.79 Å². The third-order valence-electron chi connectivity index (χ3n) is 5.16. The number of hydrogen-bond acceptors (Lipinski definition) is 5. The van der Waals surface area contributed by atoms with Crippen molar-refractivity contribution in [3.63, 3.8) is 0 Å². The van der Waals surface area contributed by atoms with Gasteiger partial charge in [-0.1, -0.05) is 0 Å². The highest BCUT2D eigenvalue weighted by molar-refractivity contribution is 5.77. The van der Waals surface area contributed by atoms with Crippen LogP contribution in [0.3, 0.4) is 0 Å². The molecule has 7 heteroatoms. The van der Waals surface area contributed by atoms with Crippen molar-refractivity contribution in [1.82, 2.24) is 24.8 Å². The molecule has 1 N–H and O–H groups in total. The smallest absolute Gasteiger partial charge is 0.225 e. The molecule has 0 saturated carbocycles. The number of fused-ring (bicyclic) bond motifs is 1. The lowest BCUT2D eigenvalue weighted by molar-refractivity contribution is -0.139. The van der Waals surface area contributed by atoms with E-state index in [-0.39, 0.29) is 0 Å². The highest BCUT2D eigenvalue weighted by Crippen LogP contribution is 2.32. The molecule has 2 aromatic rings. The molecule has 7 nitrogen and oxygen atoms in total. The van der Waals surface area contributed by atoms with Gasteiger partial charge in [0, 0.05) is 62.8 Å². The normalized spacial score (nSPS) is 24.1. The minimum Gasteiger partial charge on any atom is -0.348 e. The zero-order valence-electron chi connectivity index (χ0n) is 13.6. The molecule has 0 bridgehead atoms. The molecule has 2 fully saturated rings. The van der Waals surface area contributed by atoms with Gasteiger partial charge >= 0.3 is 0 Å². The van der Waals surface area contributed by atoms with Crippen LogP contribution in [0, 0.1) is 5.92 Å². The fraction of sp³-hybridized carbons (Fsp3) is 0.529. The van der Waals surface area contributed by atoms with Gasteiger partial charge in [0.1, 0.15) is 0 Å². The van der Waals surface area contributed by atoms with Crippen LogP contribution in [0.15, 0.2) is 31.0 Å². The molecule has 0 spiro atoms. The largest absolute Gasteiger partial charge is 0.348 e. The number of carbonyl (C=O) groups excluding carboxylic acids is 1. The van der Waals surface area contributed by atoms with Crippen LogP contribution >= 0.6 is 0 Å². The van der Waals surface area contributed by atoms with E-state index in [4.69, 9.17) is 0 Å². The maximum atomic E-state index is 12.4. The number of nitrogens with zero attached hydrogens (tertiary/aromatic N) is 5. The first kappa shape index (κ1) is 15.1. The van der Waals surface area contributed by atoms with E-state index >= 15 is 0 Å². The van der Waals surface area contributed by atoms with E-state index in [0.29, 0.717) is 24.3 Å². The summed E-state index contributed by atoms with van der Waals surface area (Å²) in [5.74, 6) is 1.60. The van der Waals surface area contributed by atoms with E-state index in [1.54, 1.807) is 18.7 Å². The molecule has 0 aliphatic carbocycles. The highest BCUT2D eigenvalue weighted by Gasteiger charge is 2.39. The number of amides is 1. The summed E-state index contributed by atoms with van der Waals surface area (Å²) in [5, 5.41) is 0. The summed E-state index contributed by atoms with van der Waals surface area (Å²) in [6, 6.07) is 2.18. The number of anilines is 1. The first-order chi connectivity index (χ1) is 11.8. The van der Waals surface area contributed by atoms with Crippen molar-refractivity contribution >= 4 is 11.9 Å². The molecule has 2 atom stereocenters. The van der Waals surface area contributed by atoms with Crippen molar-refractivity contribution < 1.29 is 4.79 Å². The quantitative estimate of drug-likeness (QED) is 0.915. The van der Waals surface area contributed by atoms with Gasteiger partial charge < -0.3 is 14.8 Å². The second-order valence-electron chi connectivity index (χ2n) is 6.56. The predicted molar refractivity (Wildman–Crippen MR) is 89.4 cm³/mol. The van der Waals surface area contributed by atoms with Crippen molar-refractivity contribution in [2.75, 3.05) is 24.5 Å². The summed E-state index contributed by atoms with van der Waals surface area (Å²) < 4.78 is 0. The molecule has 0 aromatic carbocycles. The van der Waals surface area contributed by atoms with Crippen LogP contribution in [0.1, 0.15) is 25.0 Å². The van der Waals surface area contributed by atoms with E-state index in [0.717, 1.165) is 50.5 Å². The number of hydrogen-bond donors (Lipinski definition) is 1. The number of carbonyl (C=O) groups is 1. The first-order valence-electron chi connectivity index (χ1n) is 8.60. The number of aromatic amines is 1. The van der Waals surface area contributed by atoms with Gasteiger partial charge in [-0.15, -0.1) is 0 Å². The summed E-state index contributed by atoms with van der Waals surface area (Å²) >= 11 is 0. The van der Waals surface area contributed by atoms with Crippen molar-refractivity contribution in [3.8, 4) is 0 Å². The Labute approximate surface area is 141 Å².